The summed E-state index contributed by atoms with van der Waals surface area (Å²) in [6.45, 7) is 14.4. The summed E-state index contributed by atoms with van der Waals surface area (Å²) in [5.74, 6) is -0.276. The van der Waals surface area contributed by atoms with Gasteiger partial charge in [0, 0.05) is 29.6 Å². The molecular weight excluding hydrogens is 348 g/mol. The van der Waals surface area contributed by atoms with Crippen molar-refractivity contribution in [1.82, 2.24) is 0 Å². The lowest BCUT2D eigenvalue weighted by Crippen LogP contribution is -2.30. The van der Waals surface area contributed by atoms with E-state index in [9.17, 15) is 4.79 Å². The Labute approximate surface area is 168 Å². The topological polar surface area (TPSA) is 41.6 Å². The average Bonchev–Trinajstić information content (AvgIpc) is 2.63. The smallest absolute Gasteiger partial charge is 0.338 e. The van der Waals surface area contributed by atoms with E-state index in [1.54, 1.807) is 0 Å². The predicted octanol–water partition coefficient (Wildman–Crippen LogP) is 5.81. The van der Waals surface area contributed by atoms with Crippen LogP contribution >= 0.6 is 0 Å². The van der Waals surface area contributed by atoms with E-state index in [-0.39, 0.29) is 17.4 Å². The number of carbonyl (C=O) groups is 1. The molecule has 4 nitrogen and oxygen atoms in total. The maximum atomic E-state index is 12.0. The van der Waals surface area contributed by atoms with Gasteiger partial charge in [0.15, 0.2) is 0 Å². The summed E-state index contributed by atoms with van der Waals surface area (Å²) in [7, 11) is 0. The van der Waals surface area contributed by atoms with Gasteiger partial charge in [-0.1, -0.05) is 19.9 Å². The Hall–Kier alpha value is -2.49. The van der Waals surface area contributed by atoms with Crippen molar-refractivity contribution in [3.63, 3.8) is 0 Å². The quantitative estimate of drug-likeness (QED) is 0.665. The first-order valence-corrected chi connectivity index (χ1v) is 10.2. The van der Waals surface area contributed by atoms with Crippen molar-refractivity contribution in [2.24, 2.45) is 0 Å². The van der Waals surface area contributed by atoms with E-state index in [2.05, 4.69) is 57.0 Å². The summed E-state index contributed by atoms with van der Waals surface area (Å²) in [5, 5.41) is 3.58. The molecule has 3 rings (SSSR count). The molecule has 0 bridgehead atoms. The first kappa shape index (κ1) is 20.2. The Morgan fingerprint density at radius 1 is 1.21 bits per heavy atom. The van der Waals surface area contributed by atoms with Gasteiger partial charge >= 0.3 is 5.97 Å². The van der Waals surface area contributed by atoms with Crippen LogP contribution in [0, 0.1) is 6.92 Å². The standard InChI is InChI=1S/C24H32N2O2/c1-7-28-23(27)18-8-10-19(11-9-18)26(16(2)3)22-15-21-20(14-17(22)4)24(5,6)12-13-25-21/h8-11,14-16,25H,7,12-13H2,1-6H3. The molecule has 0 amide bonds. The largest absolute Gasteiger partial charge is 0.462 e. The molecule has 2 aromatic carbocycles. The number of aryl methyl sites for hydroxylation is 1. The van der Waals surface area contributed by atoms with Gasteiger partial charge in [-0.15, -0.1) is 0 Å². The van der Waals surface area contributed by atoms with E-state index in [0.717, 1.165) is 18.7 Å². The summed E-state index contributed by atoms with van der Waals surface area (Å²) >= 11 is 0. The molecule has 0 aliphatic carbocycles. The number of esters is 1. The molecule has 150 valence electrons. The highest BCUT2D eigenvalue weighted by molar-refractivity contribution is 5.90. The van der Waals surface area contributed by atoms with Crippen LogP contribution in [0.3, 0.4) is 0 Å². The number of rotatable bonds is 5. The van der Waals surface area contributed by atoms with Crippen LogP contribution in [0.2, 0.25) is 0 Å². The Kier molecular flexibility index (Phi) is 5.69. The Bertz CT molecular complexity index is 854. The minimum Gasteiger partial charge on any atom is -0.462 e. The second kappa shape index (κ2) is 7.86. The number of benzene rings is 2. The number of hydrogen-bond acceptors (Lipinski definition) is 4. The molecule has 2 aromatic rings. The SMILES string of the molecule is CCOC(=O)c1ccc(N(c2cc3c(cc2C)C(C)(C)CCN3)C(C)C)cc1. The minimum absolute atomic E-state index is 0.188. The van der Waals surface area contributed by atoms with Crippen molar-refractivity contribution in [2.75, 3.05) is 23.4 Å². The van der Waals surface area contributed by atoms with Crippen LogP contribution in [0.1, 0.15) is 62.5 Å². The van der Waals surface area contributed by atoms with Crippen molar-refractivity contribution in [1.29, 1.82) is 0 Å². The van der Waals surface area contributed by atoms with Gasteiger partial charge in [-0.25, -0.2) is 4.79 Å². The lowest BCUT2D eigenvalue weighted by Gasteiger charge is -2.37. The normalized spacial score (nSPS) is 15.0. The third-order valence-corrected chi connectivity index (χ3v) is 5.56. The van der Waals surface area contributed by atoms with Crippen molar-refractivity contribution < 1.29 is 9.53 Å². The zero-order chi connectivity index (χ0) is 20.5. The number of nitrogens with one attached hydrogen (secondary N) is 1. The van der Waals surface area contributed by atoms with E-state index >= 15 is 0 Å². The molecule has 28 heavy (non-hydrogen) atoms. The first-order valence-electron chi connectivity index (χ1n) is 10.2. The van der Waals surface area contributed by atoms with Crippen LogP contribution in [-0.4, -0.2) is 25.2 Å². The second-order valence-corrected chi connectivity index (χ2v) is 8.48. The highest BCUT2D eigenvalue weighted by Gasteiger charge is 2.29. The van der Waals surface area contributed by atoms with Gasteiger partial charge in [-0.05, 0) is 81.0 Å². The molecule has 4 heteroatoms. The Balaban J connectivity index is 2.01. The van der Waals surface area contributed by atoms with Gasteiger partial charge in [-0.3, -0.25) is 0 Å². The summed E-state index contributed by atoms with van der Waals surface area (Å²) in [5.41, 5.74) is 6.92. The van der Waals surface area contributed by atoms with Crippen LogP contribution in [0.5, 0.6) is 0 Å². The molecule has 0 aromatic heterocycles. The van der Waals surface area contributed by atoms with Gasteiger partial charge in [-0.2, -0.15) is 0 Å². The van der Waals surface area contributed by atoms with E-state index in [0.29, 0.717) is 12.2 Å². The van der Waals surface area contributed by atoms with Gasteiger partial charge in [0.1, 0.15) is 0 Å². The first-order chi connectivity index (χ1) is 13.2. The molecule has 0 radical (unpaired) electrons. The number of hydrogen-bond donors (Lipinski definition) is 1. The van der Waals surface area contributed by atoms with Crippen LogP contribution in [0.4, 0.5) is 17.1 Å². The molecule has 1 N–H and O–H groups in total. The molecule has 0 fully saturated rings. The van der Waals surface area contributed by atoms with Crippen molar-refractivity contribution in [2.45, 2.75) is 59.4 Å². The fourth-order valence-electron chi connectivity index (χ4n) is 3.99. The lowest BCUT2D eigenvalue weighted by atomic mass is 9.77. The number of ether oxygens (including phenoxy) is 1. The zero-order valence-electron chi connectivity index (χ0n) is 17.9. The molecule has 0 spiro atoms. The van der Waals surface area contributed by atoms with Crippen molar-refractivity contribution in [3.05, 3.63) is 53.1 Å². The highest BCUT2D eigenvalue weighted by Crippen LogP contribution is 2.42. The van der Waals surface area contributed by atoms with Gasteiger partial charge in [0.25, 0.3) is 0 Å². The summed E-state index contributed by atoms with van der Waals surface area (Å²) in [6, 6.07) is 12.6. The molecule has 0 saturated heterocycles. The predicted molar refractivity (Wildman–Crippen MR) is 117 cm³/mol. The highest BCUT2D eigenvalue weighted by atomic mass is 16.5. The fourth-order valence-corrected chi connectivity index (χ4v) is 3.99. The third kappa shape index (κ3) is 3.87. The number of anilines is 3. The molecule has 0 saturated carbocycles. The van der Waals surface area contributed by atoms with Crippen LogP contribution < -0.4 is 10.2 Å². The van der Waals surface area contributed by atoms with Gasteiger partial charge < -0.3 is 15.0 Å². The molecular formula is C24H32N2O2. The Morgan fingerprint density at radius 2 is 1.89 bits per heavy atom. The maximum Gasteiger partial charge on any atom is 0.338 e. The number of carbonyl (C=O) groups excluding carboxylic acids is 1. The van der Waals surface area contributed by atoms with Gasteiger partial charge in [0.2, 0.25) is 0 Å². The Morgan fingerprint density at radius 3 is 2.50 bits per heavy atom. The monoisotopic (exact) mass is 380 g/mol. The van der Waals surface area contributed by atoms with E-state index < -0.39 is 0 Å². The summed E-state index contributed by atoms with van der Waals surface area (Å²) in [4.78, 5) is 14.3. The van der Waals surface area contributed by atoms with Crippen LogP contribution in [-0.2, 0) is 10.2 Å². The summed E-state index contributed by atoms with van der Waals surface area (Å²) in [6.07, 6.45) is 1.14. The molecule has 0 atom stereocenters. The lowest BCUT2D eigenvalue weighted by molar-refractivity contribution is 0.0526. The maximum absolute atomic E-state index is 12.0. The van der Waals surface area contributed by atoms with Crippen molar-refractivity contribution in [3.8, 4) is 0 Å². The van der Waals surface area contributed by atoms with Gasteiger partial charge in [0.05, 0.1) is 12.2 Å². The minimum atomic E-state index is -0.276. The van der Waals surface area contributed by atoms with Crippen molar-refractivity contribution >= 4 is 23.0 Å². The van der Waals surface area contributed by atoms with Crippen LogP contribution in [0.25, 0.3) is 0 Å². The average molecular weight is 381 g/mol. The molecule has 1 aliphatic rings. The molecule has 0 unspecified atom stereocenters. The third-order valence-electron chi connectivity index (χ3n) is 5.56. The van der Waals surface area contributed by atoms with Crippen LogP contribution in [0.15, 0.2) is 36.4 Å². The van der Waals surface area contributed by atoms with E-state index in [1.165, 1.54) is 22.5 Å². The number of nitrogens with zero attached hydrogens (tertiary/aromatic N) is 1. The van der Waals surface area contributed by atoms with E-state index in [4.69, 9.17) is 4.74 Å². The van der Waals surface area contributed by atoms with E-state index in [1.807, 2.05) is 31.2 Å². The molecule has 1 aliphatic heterocycles. The fraction of sp³-hybridized carbons (Fsp3) is 0.458. The second-order valence-electron chi connectivity index (χ2n) is 8.48. The number of fused-ring (bicyclic) bond motifs is 1. The summed E-state index contributed by atoms with van der Waals surface area (Å²) < 4.78 is 5.10. The zero-order valence-corrected chi connectivity index (χ0v) is 17.9. The molecule has 1 heterocycles.